The predicted molar refractivity (Wildman–Crippen MR) is 82.9 cm³/mol. The van der Waals surface area contributed by atoms with Gasteiger partial charge in [0.2, 0.25) is 0 Å². The maximum absolute atomic E-state index is 5.21. The number of methoxy groups -OCH3 is 1. The number of benzene rings is 1. The van der Waals surface area contributed by atoms with E-state index < -0.39 is 0 Å². The first-order valence-electron chi connectivity index (χ1n) is 6.81. The molecule has 0 spiro atoms. The molecule has 1 aliphatic heterocycles. The SMILES string of the molecule is COc1ccc(-c2c(Br)c(C3CCCN3)nn2C)cc1. The molecule has 0 radical (unpaired) electrons. The quantitative estimate of drug-likeness (QED) is 0.935. The van der Waals surface area contributed by atoms with E-state index in [1.54, 1.807) is 7.11 Å². The van der Waals surface area contributed by atoms with Crippen molar-refractivity contribution >= 4 is 15.9 Å². The molecule has 1 atom stereocenters. The monoisotopic (exact) mass is 335 g/mol. The lowest BCUT2D eigenvalue weighted by atomic mass is 10.1. The second-order valence-electron chi connectivity index (χ2n) is 5.05. The number of nitrogens with one attached hydrogen (secondary N) is 1. The van der Waals surface area contributed by atoms with Crippen LogP contribution in [0.25, 0.3) is 11.3 Å². The van der Waals surface area contributed by atoms with Crippen molar-refractivity contribution in [3.05, 3.63) is 34.4 Å². The van der Waals surface area contributed by atoms with Gasteiger partial charge in [0.1, 0.15) is 5.75 Å². The van der Waals surface area contributed by atoms with Gasteiger partial charge in [0.05, 0.1) is 29.0 Å². The highest BCUT2D eigenvalue weighted by Gasteiger charge is 2.25. The van der Waals surface area contributed by atoms with Gasteiger partial charge >= 0.3 is 0 Å². The van der Waals surface area contributed by atoms with Gasteiger partial charge < -0.3 is 10.1 Å². The number of aryl methyl sites for hydroxylation is 1. The van der Waals surface area contributed by atoms with Crippen LogP contribution in [0.1, 0.15) is 24.6 Å². The van der Waals surface area contributed by atoms with Crippen LogP contribution in [0, 0.1) is 0 Å². The largest absolute Gasteiger partial charge is 0.497 e. The average molecular weight is 336 g/mol. The lowest BCUT2D eigenvalue weighted by Crippen LogP contribution is -2.14. The first kappa shape index (κ1) is 13.6. The van der Waals surface area contributed by atoms with Gasteiger partial charge in [0.15, 0.2) is 0 Å². The van der Waals surface area contributed by atoms with Gasteiger partial charge in [-0.1, -0.05) is 0 Å². The predicted octanol–water partition coefficient (Wildman–Crippen LogP) is 3.28. The van der Waals surface area contributed by atoms with E-state index >= 15 is 0 Å². The average Bonchev–Trinajstić information content (AvgIpc) is 3.07. The Kier molecular flexibility index (Phi) is 3.81. The van der Waals surface area contributed by atoms with E-state index in [1.165, 1.54) is 6.42 Å². The van der Waals surface area contributed by atoms with Crippen molar-refractivity contribution in [2.24, 2.45) is 7.05 Å². The fraction of sp³-hybridized carbons (Fsp3) is 0.400. The van der Waals surface area contributed by atoms with Crippen molar-refractivity contribution in [1.82, 2.24) is 15.1 Å². The van der Waals surface area contributed by atoms with Crippen molar-refractivity contribution in [2.45, 2.75) is 18.9 Å². The Morgan fingerprint density at radius 3 is 2.70 bits per heavy atom. The van der Waals surface area contributed by atoms with Gasteiger partial charge in [-0.15, -0.1) is 0 Å². The van der Waals surface area contributed by atoms with E-state index in [0.29, 0.717) is 6.04 Å². The third-order valence-electron chi connectivity index (χ3n) is 3.77. The number of nitrogens with zero attached hydrogens (tertiary/aromatic N) is 2. The van der Waals surface area contributed by atoms with Gasteiger partial charge in [-0.3, -0.25) is 4.68 Å². The minimum atomic E-state index is 0.363. The Balaban J connectivity index is 2.00. The zero-order chi connectivity index (χ0) is 14.1. The molecule has 0 amide bonds. The molecule has 20 heavy (non-hydrogen) atoms. The summed E-state index contributed by atoms with van der Waals surface area (Å²) >= 11 is 3.73. The van der Waals surface area contributed by atoms with Gasteiger partial charge in [-0.25, -0.2) is 0 Å². The Morgan fingerprint density at radius 2 is 2.10 bits per heavy atom. The Hall–Kier alpha value is -1.33. The topological polar surface area (TPSA) is 39.1 Å². The molecule has 0 bridgehead atoms. The van der Waals surface area contributed by atoms with Crippen molar-refractivity contribution in [2.75, 3.05) is 13.7 Å². The number of hydrogen-bond donors (Lipinski definition) is 1. The molecule has 1 unspecified atom stereocenters. The molecule has 106 valence electrons. The lowest BCUT2D eigenvalue weighted by molar-refractivity contribution is 0.415. The van der Waals surface area contributed by atoms with E-state index in [-0.39, 0.29) is 0 Å². The summed E-state index contributed by atoms with van der Waals surface area (Å²) in [6.45, 7) is 1.07. The molecule has 2 aromatic rings. The molecule has 2 heterocycles. The molecule has 5 heteroatoms. The highest BCUT2D eigenvalue weighted by Crippen LogP contribution is 2.36. The minimum absolute atomic E-state index is 0.363. The summed E-state index contributed by atoms with van der Waals surface area (Å²) in [5.74, 6) is 0.865. The number of halogens is 1. The summed E-state index contributed by atoms with van der Waals surface area (Å²) in [5.41, 5.74) is 3.35. The van der Waals surface area contributed by atoms with E-state index in [9.17, 15) is 0 Å². The molecule has 3 rings (SSSR count). The van der Waals surface area contributed by atoms with Crippen LogP contribution < -0.4 is 10.1 Å². The Bertz CT molecular complexity index is 600. The van der Waals surface area contributed by atoms with Crippen LogP contribution in [0.5, 0.6) is 5.75 Å². The fourth-order valence-corrected chi connectivity index (χ4v) is 3.56. The van der Waals surface area contributed by atoms with Crippen LogP contribution in [-0.2, 0) is 7.05 Å². The maximum atomic E-state index is 5.21. The first-order valence-corrected chi connectivity index (χ1v) is 7.60. The zero-order valence-corrected chi connectivity index (χ0v) is 13.3. The summed E-state index contributed by atoms with van der Waals surface area (Å²) in [6.07, 6.45) is 2.36. The molecule has 1 aromatic carbocycles. The van der Waals surface area contributed by atoms with Gasteiger partial charge in [-0.2, -0.15) is 5.10 Å². The number of rotatable bonds is 3. The third-order valence-corrected chi connectivity index (χ3v) is 4.55. The van der Waals surface area contributed by atoms with Crippen molar-refractivity contribution in [3.63, 3.8) is 0 Å². The third kappa shape index (κ3) is 2.36. The summed E-state index contributed by atoms with van der Waals surface area (Å²) in [4.78, 5) is 0. The molecule has 0 aliphatic carbocycles. The van der Waals surface area contributed by atoms with E-state index in [0.717, 1.165) is 40.1 Å². The molecule has 1 fully saturated rings. The number of ether oxygens (including phenoxy) is 1. The van der Waals surface area contributed by atoms with Gasteiger partial charge in [-0.05, 0) is 59.6 Å². The normalized spacial score (nSPS) is 18.4. The van der Waals surface area contributed by atoms with Crippen LogP contribution in [0.15, 0.2) is 28.7 Å². The summed E-state index contributed by atoms with van der Waals surface area (Å²) in [5, 5.41) is 8.19. The second-order valence-corrected chi connectivity index (χ2v) is 5.84. The first-order chi connectivity index (χ1) is 9.70. The van der Waals surface area contributed by atoms with Crippen LogP contribution in [0.3, 0.4) is 0 Å². The standard InChI is InChI=1S/C15H18BrN3O/c1-19-15(10-5-7-11(20-2)8-6-10)13(16)14(18-19)12-4-3-9-17-12/h5-8,12,17H,3-4,9H2,1-2H3. The Morgan fingerprint density at radius 1 is 1.35 bits per heavy atom. The molecule has 1 saturated heterocycles. The molecule has 1 N–H and O–H groups in total. The smallest absolute Gasteiger partial charge is 0.118 e. The van der Waals surface area contributed by atoms with Gasteiger partial charge in [0.25, 0.3) is 0 Å². The number of aromatic nitrogens is 2. The molecule has 1 aromatic heterocycles. The van der Waals surface area contributed by atoms with Gasteiger partial charge in [0, 0.05) is 12.6 Å². The summed E-state index contributed by atoms with van der Waals surface area (Å²) in [6, 6.07) is 8.44. The van der Waals surface area contributed by atoms with Crippen LogP contribution in [0.4, 0.5) is 0 Å². The second kappa shape index (κ2) is 5.58. The lowest BCUT2D eigenvalue weighted by Gasteiger charge is -2.07. The Labute approximate surface area is 127 Å². The fourth-order valence-electron chi connectivity index (χ4n) is 2.72. The maximum Gasteiger partial charge on any atom is 0.118 e. The van der Waals surface area contributed by atoms with E-state index in [4.69, 9.17) is 4.74 Å². The van der Waals surface area contributed by atoms with Crippen molar-refractivity contribution < 1.29 is 4.74 Å². The minimum Gasteiger partial charge on any atom is -0.497 e. The molecule has 1 aliphatic rings. The highest BCUT2D eigenvalue weighted by molar-refractivity contribution is 9.10. The van der Waals surface area contributed by atoms with Crippen molar-refractivity contribution in [3.8, 4) is 17.0 Å². The number of hydrogen-bond acceptors (Lipinski definition) is 3. The van der Waals surface area contributed by atoms with Crippen LogP contribution in [0.2, 0.25) is 0 Å². The van der Waals surface area contributed by atoms with Crippen LogP contribution >= 0.6 is 15.9 Å². The molecule has 4 nitrogen and oxygen atoms in total. The van der Waals surface area contributed by atoms with E-state index in [1.807, 2.05) is 23.9 Å². The molecule has 0 saturated carbocycles. The summed E-state index contributed by atoms with van der Waals surface area (Å²) < 4.78 is 8.24. The van der Waals surface area contributed by atoms with E-state index in [2.05, 4.69) is 38.5 Å². The zero-order valence-electron chi connectivity index (χ0n) is 11.7. The molecular weight excluding hydrogens is 318 g/mol. The highest BCUT2D eigenvalue weighted by atomic mass is 79.9. The summed E-state index contributed by atoms with van der Waals surface area (Å²) in [7, 11) is 3.67. The van der Waals surface area contributed by atoms with Crippen LogP contribution in [-0.4, -0.2) is 23.4 Å². The molecular formula is C15H18BrN3O. The van der Waals surface area contributed by atoms with Crippen molar-refractivity contribution in [1.29, 1.82) is 0 Å².